The second-order valence-electron chi connectivity index (χ2n) is 7.93. The number of hydrogen-bond acceptors (Lipinski definition) is 6. The zero-order chi connectivity index (χ0) is 19.8. The molecular formula is C18H25NO7S. The van der Waals surface area contributed by atoms with E-state index in [1.54, 1.807) is 32.9 Å². The normalized spacial score (nSPS) is 28.0. The molecule has 27 heavy (non-hydrogen) atoms. The molecule has 1 amide bonds. The summed E-state index contributed by atoms with van der Waals surface area (Å²) >= 11 is 0. The Morgan fingerprint density at radius 1 is 1.19 bits per heavy atom. The average molecular weight is 399 g/mol. The smallest absolute Gasteiger partial charge is 0.408 e. The summed E-state index contributed by atoms with van der Waals surface area (Å²) in [4.78, 5) is 11.8. The highest BCUT2D eigenvalue weighted by Gasteiger charge is 2.48. The van der Waals surface area contributed by atoms with Gasteiger partial charge in [0.15, 0.2) is 0 Å². The van der Waals surface area contributed by atoms with Gasteiger partial charge in [-0.25, -0.2) is 4.79 Å². The predicted octanol–water partition coefficient (Wildman–Crippen LogP) is 1.78. The minimum atomic E-state index is -4.19. The highest BCUT2D eigenvalue weighted by atomic mass is 32.2. The van der Waals surface area contributed by atoms with Gasteiger partial charge >= 0.3 is 6.09 Å². The van der Waals surface area contributed by atoms with Crippen LogP contribution in [0.25, 0.3) is 0 Å². The highest BCUT2D eigenvalue weighted by Crippen LogP contribution is 2.33. The first-order valence-corrected chi connectivity index (χ1v) is 10.3. The summed E-state index contributed by atoms with van der Waals surface area (Å²) < 4.78 is 48.3. The molecule has 4 atom stereocenters. The molecular weight excluding hydrogens is 374 g/mol. The number of nitrogens with one attached hydrogen (secondary N) is 1. The summed E-state index contributed by atoms with van der Waals surface area (Å²) in [7, 11) is -4.19. The van der Waals surface area contributed by atoms with Crippen LogP contribution in [0.2, 0.25) is 0 Å². The van der Waals surface area contributed by atoms with Crippen molar-refractivity contribution in [3.8, 4) is 0 Å². The van der Waals surface area contributed by atoms with Crippen LogP contribution in [0.1, 0.15) is 26.3 Å². The lowest BCUT2D eigenvalue weighted by atomic mass is 9.93. The zero-order valence-electron chi connectivity index (χ0n) is 15.5. The highest BCUT2D eigenvalue weighted by molar-refractivity contribution is 7.85. The van der Waals surface area contributed by atoms with Gasteiger partial charge in [0.05, 0.1) is 30.3 Å². The number of alkyl carbamates (subject to hydrolysis) is 1. The Hall–Kier alpha value is -1.68. The number of carbonyl (C=O) groups excluding carboxylic acids is 1. The van der Waals surface area contributed by atoms with Crippen molar-refractivity contribution < 1.29 is 32.0 Å². The largest absolute Gasteiger partial charge is 0.444 e. The van der Waals surface area contributed by atoms with Crippen LogP contribution in [0.4, 0.5) is 4.79 Å². The molecule has 1 aromatic carbocycles. The standard InChI is InChI=1S/C18H25NO7S/c1-18(2,3)26-17(20)19-14-10-25-15-12(9-24-16(14)15)8-11-4-6-13(7-5-11)27(21,22)23/h4-7,12,14-16H,8-10H2,1-3H3,(H,19,20)(H,21,22,23)/t12-,14+,15+,16-/m1/s1. The third-order valence-corrected chi connectivity index (χ3v) is 5.45. The number of hydrogen-bond donors (Lipinski definition) is 2. The predicted molar refractivity (Wildman–Crippen MR) is 96.1 cm³/mol. The monoisotopic (exact) mass is 399 g/mol. The first-order valence-electron chi connectivity index (χ1n) is 8.82. The maximum atomic E-state index is 12.0. The van der Waals surface area contributed by atoms with Gasteiger partial charge in [-0.3, -0.25) is 4.55 Å². The maximum absolute atomic E-state index is 12.0. The van der Waals surface area contributed by atoms with Crippen LogP contribution in [-0.4, -0.2) is 56.1 Å². The minimum Gasteiger partial charge on any atom is -0.444 e. The van der Waals surface area contributed by atoms with E-state index in [9.17, 15) is 13.2 Å². The summed E-state index contributed by atoms with van der Waals surface area (Å²) in [6.07, 6.45) is -0.234. The van der Waals surface area contributed by atoms with Gasteiger partial charge in [-0.1, -0.05) is 12.1 Å². The van der Waals surface area contributed by atoms with Gasteiger partial charge in [0.2, 0.25) is 0 Å². The van der Waals surface area contributed by atoms with Crippen molar-refractivity contribution >= 4 is 16.2 Å². The lowest BCUT2D eigenvalue weighted by Gasteiger charge is -2.23. The van der Waals surface area contributed by atoms with Crippen molar-refractivity contribution in [2.45, 2.75) is 55.9 Å². The number of amides is 1. The maximum Gasteiger partial charge on any atom is 0.408 e. The van der Waals surface area contributed by atoms with E-state index in [1.165, 1.54) is 12.1 Å². The molecule has 8 nitrogen and oxygen atoms in total. The molecule has 2 saturated heterocycles. The lowest BCUT2D eigenvalue weighted by molar-refractivity contribution is 0.0405. The second-order valence-corrected chi connectivity index (χ2v) is 9.35. The summed E-state index contributed by atoms with van der Waals surface area (Å²) in [5.74, 6) is 0.0945. The third kappa shape index (κ3) is 4.98. The Morgan fingerprint density at radius 2 is 1.81 bits per heavy atom. The zero-order valence-corrected chi connectivity index (χ0v) is 16.4. The molecule has 150 valence electrons. The van der Waals surface area contributed by atoms with E-state index in [-0.39, 0.29) is 29.1 Å². The first kappa shape index (κ1) is 20.1. The summed E-state index contributed by atoms with van der Waals surface area (Å²) in [5.41, 5.74) is 0.347. The fourth-order valence-electron chi connectivity index (χ4n) is 3.44. The fraction of sp³-hybridized carbons (Fsp3) is 0.611. The van der Waals surface area contributed by atoms with E-state index in [0.29, 0.717) is 19.6 Å². The average Bonchev–Trinajstić information content (AvgIpc) is 3.09. The van der Waals surface area contributed by atoms with Crippen LogP contribution in [0.3, 0.4) is 0 Å². The summed E-state index contributed by atoms with van der Waals surface area (Å²) in [6.45, 7) is 6.25. The number of carbonyl (C=O) groups is 1. The van der Waals surface area contributed by atoms with Crippen LogP contribution >= 0.6 is 0 Å². The second kappa shape index (κ2) is 7.38. The van der Waals surface area contributed by atoms with E-state index in [4.69, 9.17) is 18.8 Å². The van der Waals surface area contributed by atoms with Crippen LogP contribution in [0.15, 0.2) is 29.2 Å². The molecule has 2 aliphatic rings. The van der Waals surface area contributed by atoms with Gasteiger partial charge in [0.25, 0.3) is 10.1 Å². The van der Waals surface area contributed by atoms with E-state index in [0.717, 1.165) is 5.56 Å². The van der Waals surface area contributed by atoms with Crippen LogP contribution in [0.5, 0.6) is 0 Å². The number of benzene rings is 1. The van der Waals surface area contributed by atoms with Gasteiger partial charge in [-0.15, -0.1) is 0 Å². The van der Waals surface area contributed by atoms with Crippen molar-refractivity contribution in [1.29, 1.82) is 0 Å². The third-order valence-electron chi connectivity index (χ3n) is 4.58. The Bertz CT molecular complexity index is 785. The van der Waals surface area contributed by atoms with E-state index in [2.05, 4.69) is 5.32 Å². The lowest BCUT2D eigenvalue weighted by Crippen LogP contribution is -2.46. The van der Waals surface area contributed by atoms with Crippen LogP contribution in [-0.2, 0) is 30.7 Å². The molecule has 9 heteroatoms. The van der Waals surface area contributed by atoms with Crippen LogP contribution < -0.4 is 5.32 Å². The number of rotatable bonds is 4. The summed E-state index contributed by atoms with van der Waals surface area (Å²) in [6, 6.07) is 5.82. The Morgan fingerprint density at radius 3 is 2.41 bits per heavy atom. The van der Waals surface area contributed by atoms with Crippen molar-refractivity contribution in [3.63, 3.8) is 0 Å². The molecule has 1 aromatic rings. The number of ether oxygens (including phenoxy) is 3. The molecule has 2 heterocycles. The quantitative estimate of drug-likeness (QED) is 0.743. The van der Waals surface area contributed by atoms with Gasteiger partial charge in [0.1, 0.15) is 11.7 Å². The molecule has 2 aliphatic heterocycles. The van der Waals surface area contributed by atoms with E-state index < -0.39 is 21.8 Å². The van der Waals surface area contributed by atoms with Gasteiger partial charge in [0, 0.05) is 5.92 Å². The molecule has 0 unspecified atom stereocenters. The fourth-order valence-corrected chi connectivity index (χ4v) is 3.92. The van der Waals surface area contributed by atoms with Gasteiger partial charge < -0.3 is 19.5 Å². The Labute approximate surface area is 158 Å². The van der Waals surface area contributed by atoms with E-state index in [1.807, 2.05) is 0 Å². The van der Waals surface area contributed by atoms with Crippen LogP contribution in [0, 0.1) is 5.92 Å². The Kier molecular flexibility index (Phi) is 5.49. The molecule has 0 aliphatic carbocycles. The number of fused-ring (bicyclic) bond motifs is 1. The van der Waals surface area contributed by atoms with Gasteiger partial charge in [-0.2, -0.15) is 8.42 Å². The molecule has 0 saturated carbocycles. The van der Waals surface area contributed by atoms with E-state index >= 15 is 0 Å². The summed E-state index contributed by atoms with van der Waals surface area (Å²) in [5, 5.41) is 2.81. The first-order chi connectivity index (χ1) is 12.5. The van der Waals surface area contributed by atoms with Crippen molar-refractivity contribution in [3.05, 3.63) is 29.8 Å². The molecule has 0 radical (unpaired) electrons. The molecule has 0 aromatic heterocycles. The molecule has 0 spiro atoms. The molecule has 2 N–H and O–H groups in total. The molecule has 2 fully saturated rings. The molecule has 0 bridgehead atoms. The topological polar surface area (TPSA) is 111 Å². The van der Waals surface area contributed by atoms with Crippen molar-refractivity contribution in [2.75, 3.05) is 13.2 Å². The van der Waals surface area contributed by atoms with Crippen molar-refractivity contribution in [2.24, 2.45) is 5.92 Å². The molecule has 3 rings (SSSR count). The minimum absolute atomic E-state index is 0.0945. The Balaban J connectivity index is 1.58. The SMILES string of the molecule is CC(C)(C)OC(=O)N[C@H]1CO[C@H]2[C@H](Cc3ccc(S(=O)(=O)O)cc3)CO[C@@H]21. The van der Waals surface area contributed by atoms with Gasteiger partial charge in [-0.05, 0) is 44.9 Å². The van der Waals surface area contributed by atoms with Crippen molar-refractivity contribution in [1.82, 2.24) is 5.32 Å².